The standard InChI is InChI=1S/C23H36N2O3S/c1-4-28-23(27)20-18-13-12-15(2)14-19(18)29-22(20)25-21(26)16(3)24-17-10-8-6-5-7-9-11-17/h15-17,24H,4-14H2,1-3H3,(H,25,26)/p+1/t15-,16-/m1/s1. The normalized spacial score (nSPS) is 21.6. The van der Waals surface area contributed by atoms with Crippen molar-refractivity contribution in [2.75, 3.05) is 11.9 Å². The van der Waals surface area contributed by atoms with E-state index >= 15 is 0 Å². The van der Waals surface area contributed by atoms with E-state index in [9.17, 15) is 9.59 Å². The van der Waals surface area contributed by atoms with E-state index in [4.69, 9.17) is 4.74 Å². The van der Waals surface area contributed by atoms with Crippen molar-refractivity contribution in [1.29, 1.82) is 0 Å². The van der Waals surface area contributed by atoms with Crippen molar-refractivity contribution >= 4 is 28.2 Å². The van der Waals surface area contributed by atoms with Crippen LogP contribution in [-0.2, 0) is 22.4 Å². The van der Waals surface area contributed by atoms with E-state index in [2.05, 4.69) is 17.6 Å². The summed E-state index contributed by atoms with van der Waals surface area (Å²) in [6.07, 6.45) is 11.8. The SMILES string of the molecule is CCOC(=O)c1c(NC(=O)[C@@H](C)[NH2+]C2CCCCCCC2)sc2c1CC[C@@H](C)C2. The number of anilines is 1. The van der Waals surface area contributed by atoms with E-state index < -0.39 is 0 Å². The summed E-state index contributed by atoms with van der Waals surface area (Å²) in [6.45, 7) is 6.40. The van der Waals surface area contributed by atoms with Crippen molar-refractivity contribution in [3.63, 3.8) is 0 Å². The summed E-state index contributed by atoms with van der Waals surface area (Å²) in [5, 5.41) is 6.01. The Morgan fingerprint density at radius 1 is 1.17 bits per heavy atom. The maximum atomic E-state index is 13.0. The number of nitrogens with two attached hydrogens (primary N) is 1. The number of hydrogen-bond acceptors (Lipinski definition) is 4. The van der Waals surface area contributed by atoms with Crippen LogP contribution in [0.25, 0.3) is 0 Å². The lowest BCUT2D eigenvalue weighted by Gasteiger charge is -2.21. The van der Waals surface area contributed by atoms with Crippen LogP contribution in [0.15, 0.2) is 0 Å². The van der Waals surface area contributed by atoms with E-state index in [1.54, 1.807) is 11.3 Å². The second-order valence-electron chi connectivity index (χ2n) is 8.85. The zero-order valence-electron chi connectivity index (χ0n) is 18.2. The van der Waals surface area contributed by atoms with Crippen molar-refractivity contribution in [1.82, 2.24) is 0 Å². The van der Waals surface area contributed by atoms with Gasteiger partial charge in [-0.2, -0.15) is 0 Å². The Hall–Kier alpha value is -1.40. The molecular weight excluding hydrogens is 384 g/mol. The minimum atomic E-state index is -0.300. The van der Waals surface area contributed by atoms with Crippen LogP contribution < -0.4 is 10.6 Å². The van der Waals surface area contributed by atoms with E-state index in [0.29, 0.717) is 29.1 Å². The Kier molecular flexibility index (Phi) is 8.13. The first-order chi connectivity index (χ1) is 14.0. The third-order valence-corrected chi connectivity index (χ3v) is 7.52. The van der Waals surface area contributed by atoms with Crippen LogP contribution in [0, 0.1) is 5.92 Å². The summed E-state index contributed by atoms with van der Waals surface area (Å²) in [4.78, 5) is 26.8. The lowest BCUT2D eigenvalue weighted by molar-refractivity contribution is -0.707. The second kappa shape index (κ2) is 10.6. The Bertz CT molecular complexity index is 707. The van der Waals surface area contributed by atoms with Gasteiger partial charge in [0.2, 0.25) is 0 Å². The highest BCUT2D eigenvalue weighted by Gasteiger charge is 2.31. The maximum absolute atomic E-state index is 13.0. The minimum Gasteiger partial charge on any atom is -0.462 e. The first-order valence-corrected chi connectivity index (χ1v) is 12.3. The van der Waals surface area contributed by atoms with Gasteiger partial charge in [-0.15, -0.1) is 11.3 Å². The fourth-order valence-corrected chi connectivity index (χ4v) is 6.06. The predicted octanol–water partition coefficient (Wildman–Crippen LogP) is 4.05. The molecule has 1 aromatic heterocycles. The van der Waals surface area contributed by atoms with Crippen LogP contribution >= 0.6 is 11.3 Å². The molecule has 6 heteroatoms. The van der Waals surface area contributed by atoms with Crippen LogP contribution in [0.4, 0.5) is 5.00 Å². The number of esters is 1. The molecule has 1 saturated carbocycles. The lowest BCUT2D eigenvalue weighted by atomic mass is 9.88. The molecule has 2 aliphatic carbocycles. The first-order valence-electron chi connectivity index (χ1n) is 11.5. The molecule has 1 amide bonds. The van der Waals surface area contributed by atoms with Crippen molar-refractivity contribution < 1.29 is 19.6 Å². The molecule has 162 valence electrons. The molecule has 1 aromatic rings. The van der Waals surface area contributed by atoms with Gasteiger partial charge >= 0.3 is 5.97 Å². The van der Waals surface area contributed by atoms with Gasteiger partial charge in [0, 0.05) is 4.88 Å². The molecular formula is C23H37N2O3S+. The molecule has 1 fully saturated rings. The average molecular weight is 422 g/mol. The van der Waals surface area contributed by atoms with Crippen LogP contribution in [0.5, 0.6) is 0 Å². The Morgan fingerprint density at radius 3 is 2.55 bits per heavy atom. The Morgan fingerprint density at radius 2 is 1.86 bits per heavy atom. The largest absolute Gasteiger partial charge is 0.462 e. The molecule has 0 aliphatic heterocycles. The fourth-order valence-electron chi connectivity index (χ4n) is 4.66. The van der Waals surface area contributed by atoms with Crippen LogP contribution in [0.1, 0.15) is 92.9 Å². The topological polar surface area (TPSA) is 72.0 Å². The number of nitrogens with one attached hydrogen (secondary N) is 1. The highest BCUT2D eigenvalue weighted by molar-refractivity contribution is 7.17. The monoisotopic (exact) mass is 421 g/mol. The summed E-state index contributed by atoms with van der Waals surface area (Å²) in [5.41, 5.74) is 1.70. The van der Waals surface area contributed by atoms with E-state index in [1.165, 1.54) is 49.8 Å². The summed E-state index contributed by atoms with van der Waals surface area (Å²) < 4.78 is 5.32. The van der Waals surface area contributed by atoms with Crippen molar-refractivity contribution in [3.8, 4) is 0 Å². The summed E-state index contributed by atoms with van der Waals surface area (Å²) in [6, 6.07) is 0.366. The maximum Gasteiger partial charge on any atom is 0.341 e. The van der Waals surface area contributed by atoms with Gasteiger partial charge in [-0.1, -0.05) is 26.2 Å². The van der Waals surface area contributed by atoms with Crippen LogP contribution in [0.3, 0.4) is 0 Å². The molecule has 0 aromatic carbocycles. The molecule has 0 saturated heterocycles. The average Bonchev–Trinajstić information content (AvgIpc) is 3.00. The first kappa shape index (κ1) is 22.3. The number of carbonyl (C=O) groups is 2. The van der Waals surface area contributed by atoms with Crippen molar-refractivity contribution in [3.05, 3.63) is 16.0 Å². The molecule has 1 heterocycles. The second-order valence-corrected chi connectivity index (χ2v) is 9.96. The van der Waals surface area contributed by atoms with Crippen LogP contribution in [0.2, 0.25) is 0 Å². The molecule has 29 heavy (non-hydrogen) atoms. The molecule has 0 spiro atoms. The van der Waals surface area contributed by atoms with Gasteiger partial charge < -0.3 is 15.4 Å². The summed E-state index contributed by atoms with van der Waals surface area (Å²) in [7, 11) is 0. The molecule has 0 bridgehead atoms. The molecule has 2 atom stereocenters. The number of amides is 1. The van der Waals surface area contributed by atoms with Gasteiger partial charge in [0.1, 0.15) is 5.00 Å². The zero-order chi connectivity index (χ0) is 20.8. The third-order valence-electron chi connectivity index (χ3n) is 6.35. The number of fused-ring (bicyclic) bond motifs is 1. The molecule has 5 nitrogen and oxygen atoms in total. The molecule has 0 radical (unpaired) electrons. The highest BCUT2D eigenvalue weighted by Crippen LogP contribution is 2.40. The van der Waals surface area contributed by atoms with Gasteiger partial charge in [0.25, 0.3) is 5.91 Å². The van der Waals surface area contributed by atoms with Gasteiger partial charge in [-0.05, 0) is 70.3 Å². The van der Waals surface area contributed by atoms with Gasteiger partial charge in [0.05, 0.1) is 18.2 Å². The number of rotatable bonds is 6. The van der Waals surface area contributed by atoms with Gasteiger partial charge in [-0.3, -0.25) is 4.79 Å². The highest BCUT2D eigenvalue weighted by atomic mass is 32.1. The predicted molar refractivity (Wildman–Crippen MR) is 118 cm³/mol. The van der Waals surface area contributed by atoms with E-state index in [0.717, 1.165) is 24.8 Å². The minimum absolute atomic E-state index is 0.00995. The Balaban J connectivity index is 1.70. The van der Waals surface area contributed by atoms with E-state index in [-0.39, 0.29) is 17.9 Å². The quantitative estimate of drug-likeness (QED) is 0.681. The summed E-state index contributed by atoms with van der Waals surface area (Å²) in [5.74, 6) is 0.307. The number of ether oxygens (including phenoxy) is 1. The smallest absolute Gasteiger partial charge is 0.341 e. The van der Waals surface area contributed by atoms with Crippen molar-refractivity contribution in [2.45, 2.75) is 97.1 Å². The van der Waals surface area contributed by atoms with Gasteiger partial charge in [-0.25, -0.2) is 4.79 Å². The Labute approximate surface area is 179 Å². The van der Waals surface area contributed by atoms with Crippen molar-refractivity contribution in [2.24, 2.45) is 5.92 Å². The summed E-state index contributed by atoms with van der Waals surface area (Å²) >= 11 is 1.57. The number of carbonyl (C=O) groups excluding carboxylic acids is 2. The zero-order valence-corrected chi connectivity index (χ0v) is 19.0. The fraction of sp³-hybridized carbons (Fsp3) is 0.739. The lowest BCUT2D eigenvalue weighted by Crippen LogP contribution is -2.96. The molecule has 2 aliphatic rings. The molecule has 3 rings (SSSR count). The molecule has 0 unspecified atom stereocenters. The number of thiophene rings is 1. The molecule has 3 N–H and O–H groups in total. The number of quaternary nitrogens is 1. The van der Waals surface area contributed by atoms with Crippen LogP contribution in [-0.4, -0.2) is 30.6 Å². The van der Waals surface area contributed by atoms with Gasteiger partial charge in [0.15, 0.2) is 6.04 Å². The van der Waals surface area contributed by atoms with E-state index in [1.807, 2.05) is 13.8 Å². The third kappa shape index (κ3) is 5.82. The number of hydrogen-bond donors (Lipinski definition) is 2.